The van der Waals surface area contributed by atoms with Crippen molar-refractivity contribution in [3.8, 4) is 0 Å². The number of benzene rings is 1. The Kier molecular flexibility index (Phi) is 3.16. The van der Waals surface area contributed by atoms with Crippen LogP contribution in [0.1, 0.15) is 32.4 Å². The third-order valence-electron chi connectivity index (χ3n) is 3.16. The number of pyridine rings is 1. The minimum Gasteiger partial charge on any atom is -0.312 e. The van der Waals surface area contributed by atoms with Crippen molar-refractivity contribution in [3.05, 3.63) is 42.2 Å². The van der Waals surface area contributed by atoms with Crippen molar-refractivity contribution in [2.75, 3.05) is 7.05 Å². The highest BCUT2D eigenvalue weighted by molar-refractivity contribution is 5.85. The molecule has 1 aromatic carbocycles. The molecule has 0 aliphatic carbocycles. The zero-order valence-electron chi connectivity index (χ0n) is 11.0. The highest BCUT2D eigenvalue weighted by atomic mass is 14.9. The molecule has 1 N–H and O–H groups in total. The molecule has 0 amide bonds. The van der Waals surface area contributed by atoms with Crippen molar-refractivity contribution in [1.29, 1.82) is 0 Å². The highest BCUT2D eigenvalue weighted by Gasteiger charge is 2.26. The molecular weight excluding hydrogens is 208 g/mol. The van der Waals surface area contributed by atoms with Gasteiger partial charge in [0.05, 0.1) is 0 Å². The van der Waals surface area contributed by atoms with Crippen LogP contribution in [0.5, 0.6) is 0 Å². The first-order chi connectivity index (χ1) is 8.04. The lowest BCUT2D eigenvalue weighted by atomic mass is 9.81. The van der Waals surface area contributed by atoms with E-state index in [1.807, 2.05) is 19.4 Å². The quantitative estimate of drug-likeness (QED) is 0.850. The smallest absolute Gasteiger partial charge is 0.0388 e. The summed E-state index contributed by atoms with van der Waals surface area (Å²) in [5.41, 5.74) is 1.44. The van der Waals surface area contributed by atoms with Crippen molar-refractivity contribution < 1.29 is 0 Å². The Morgan fingerprint density at radius 2 is 1.82 bits per heavy atom. The summed E-state index contributed by atoms with van der Waals surface area (Å²) >= 11 is 0. The van der Waals surface area contributed by atoms with Crippen LogP contribution in [-0.2, 0) is 0 Å². The van der Waals surface area contributed by atoms with Crippen molar-refractivity contribution in [2.24, 2.45) is 5.41 Å². The van der Waals surface area contributed by atoms with E-state index in [1.54, 1.807) is 0 Å². The minimum atomic E-state index is 0.167. The zero-order chi connectivity index (χ0) is 12.5. The molecule has 0 aliphatic heterocycles. The largest absolute Gasteiger partial charge is 0.312 e. The Balaban J connectivity index is 2.62. The summed E-state index contributed by atoms with van der Waals surface area (Å²) in [6, 6.07) is 8.73. The summed E-state index contributed by atoms with van der Waals surface area (Å²) in [6.07, 6.45) is 3.91. The molecule has 0 saturated heterocycles. The van der Waals surface area contributed by atoms with E-state index in [1.165, 1.54) is 16.3 Å². The molecular formula is C15H20N2. The highest BCUT2D eigenvalue weighted by Crippen LogP contribution is 2.35. The van der Waals surface area contributed by atoms with E-state index in [9.17, 15) is 0 Å². The fraction of sp³-hybridized carbons (Fsp3) is 0.400. The van der Waals surface area contributed by atoms with Crippen LogP contribution in [0.2, 0.25) is 0 Å². The maximum absolute atomic E-state index is 4.36. The maximum Gasteiger partial charge on any atom is 0.0388 e. The summed E-state index contributed by atoms with van der Waals surface area (Å²) in [7, 11) is 2.01. The van der Waals surface area contributed by atoms with Gasteiger partial charge in [0.1, 0.15) is 0 Å². The fourth-order valence-electron chi connectivity index (χ4n) is 2.42. The Morgan fingerprint density at radius 1 is 1.12 bits per heavy atom. The summed E-state index contributed by atoms with van der Waals surface area (Å²) in [6.45, 7) is 6.74. The summed E-state index contributed by atoms with van der Waals surface area (Å²) in [4.78, 5) is 4.36. The summed E-state index contributed by atoms with van der Waals surface area (Å²) in [5, 5.41) is 5.90. The molecule has 0 spiro atoms. The molecule has 2 nitrogen and oxygen atoms in total. The molecule has 1 heterocycles. The standard InChI is InChI=1S/C15H20N2/c1-15(2,3)14(16-4)13-10-17-9-11-7-5-6-8-12(11)13/h5-10,14,16H,1-4H3. The lowest BCUT2D eigenvalue weighted by Gasteiger charge is -2.31. The topological polar surface area (TPSA) is 24.9 Å². The monoisotopic (exact) mass is 228 g/mol. The molecule has 0 aliphatic rings. The second-order valence-electron chi connectivity index (χ2n) is 5.54. The van der Waals surface area contributed by atoms with Gasteiger partial charge in [-0.25, -0.2) is 0 Å². The molecule has 1 unspecified atom stereocenters. The third kappa shape index (κ3) is 2.32. The Labute approximate surface area is 103 Å². The van der Waals surface area contributed by atoms with Gasteiger partial charge in [0.2, 0.25) is 0 Å². The van der Waals surface area contributed by atoms with Crippen molar-refractivity contribution in [1.82, 2.24) is 10.3 Å². The van der Waals surface area contributed by atoms with Crippen molar-refractivity contribution >= 4 is 10.8 Å². The second kappa shape index (κ2) is 4.46. The number of aromatic nitrogens is 1. The molecule has 0 radical (unpaired) electrons. The van der Waals surface area contributed by atoms with Crippen LogP contribution in [0, 0.1) is 5.41 Å². The molecule has 2 heteroatoms. The maximum atomic E-state index is 4.36. The van der Waals surface area contributed by atoms with Gasteiger partial charge in [0.25, 0.3) is 0 Å². The fourth-order valence-corrected chi connectivity index (χ4v) is 2.42. The predicted molar refractivity (Wildman–Crippen MR) is 73.0 cm³/mol. The molecule has 90 valence electrons. The summed E-state index contributed by atoms with van der Waals surface area (Å²) in [5.74, 6) is 0. The zero-order valence-corrected chi connectivity index (χ0v) is 11.0. The van der Waals surface area contributed by atoms with Crippen LogP contribution in [-0.4, -0.2) is 12.0 Å². The number of hydrogen-bond donors (Lipinski definition) is 1. The van der Waals surface area contributed by atoms with E-state index in [4.69, 9.17) is 0 Å². The molecule has 0 saturated carbocycles. The number of hydrogen-bond acceptors (Lipinski definition) is 2. The Hall–Kier alpha value is -1.41. The number of rotatable bonds is 2. The number of fused-ring (bicyclic) bond motifs is 1. The average molecular weight is 228 g/mol. The molecule has 2 aromatic rings. The second-order valence-corrected chi connectivity index (χ2v) is 5.54. The SMILES string of the molecule is CNC(c1cncc2ccccc12)C(C)(C)C. The van der Waals surface area contributed by atoms with Gasteiger partial charge in [-0.1, -0.05) is 45.0 Å². The Bertz CT molecular complexity index is 506. The molecule has 2 rings (SSSR count). The van der Waals surface area contributed by atoms with Gasteiger partial charge in [0, 0.05) is 23.8 Å². The van der Waals surface area contributed by atoms with Crippen molar-refractivity contribution in [3.63, 3.8) is 0 Å². The van der Waals surface area contributed by atoms with E-state index in [-0.39, 0.29) is 5.41 Å². The van der Waals surface area contributed by atoms with Crippen LogP contribution in [0.25, 0.3) is 10.8 Å². The first-order valence-electron chi connectivity index (χ1n) is 6.04. The van der Waals surface area contributed by atoms with Gasteiger partial charge in [-0.2, -0.15) is 0 Å². The lowest BCUT2D eigenvalue weighted by Crippen LogP contribution is -2.29. The molecule has 1 aromatic heterocycles. The third-order valence-corrected chi connectivity index (χ3v) is 3.16. The van der Waals surface area contributed by atoms with E-state index in [0.29, 0.717) is 6.04 Å². The Morgan fingerprint density at radius 3 is 2.47 bits per heavy atom. The minimum absolute atomic E-state index is 0.167. The molecule has 17 heavy (non-hydrogen) atoms. The number of nitrogens with one attached hydrogen (secondary N) is 1. The normalized spacial score (nSPS) is 13.9. The number of nitrogens with zero attached hydrogens (tertiary/aromatic N) is 1. The first-order valence-corrected chi connectivity index (χ1v) is 6.04. The van der Waals surface area contributed by atoms with Crippen LogP contribution >= 0.6 is 0 Å². The lowest BCUT2D eigenvalue weighted by molar-refractivity contribution is 0.288. The van der Waals surface area contributed by atoms with E-state index < -0.39 is 0 Å². The van der Waals surface area contributed by atoms with Gasteiger partial charge in [-0.3, -0.25) is 4.98 Å². The molecule has 0 fully saturated rings. The van der Waals surface area contributed by atoms with Crippen molar-refractivity contribution in [2.45, 2.75) is 26.8 Å². The van der Waals surface area contributed by atoms with Gasteiger partial charge < -0.3 is 5.32 Å². The van der Waals surface area contributed by atoms with Gasteiger partial charge in [-0.15, -0.1) is 0 Å². The van der Waals surface area contributed by atoms with E-state index >= 15 is 0 Å². The van der Waals surface area contributed by atoms with E-state index in [2.05, 4.69) is 55.3 Å². The van der Waals surface area contributed by atoms with E-state index in [0.717, 1.165) is 0 Å². The van der Waals surface area contributed by atoms with Crippen LogP contribution in [0.4, 0.5) is 0 Å². The van der Waals surface area contributed by atoms with Crippen LogP contribution < -0.4 is 5.32 Å². The van der Waals surface area contributed by atoms with Gasteiger partial charge >= 0.3 is 0 Å². The van der Waals surface area contributed by atoms with Gasteiger partial charge in [0.15, 0.2) is 0 Å². The van der Waals surface area contributed by atoms with Crippen LogP contribution in [0.3, 0.4) is 0 Å². The predicted octanol–water partition coefficient (Wildman–Crippen LogP) is 3.54. The molecule has 1 atom stereocenters. The van der Waals surface area contributed by atoms with Gasteiger partial charge in [-0.05, 0) is 23.4 Å². The molecule has 0 bridgehead atoms. The van der Waals surface area contributed by atoms with Crippen LogP contribution in [0.15, 0.2) is 36.7 Å². The summed E-state index contributed by atoms with van der Waals surface area (Å²) < 4.78 is 0. The first kappa shape index (κ1) is 12.1. The average Bonchev–Trinajstić information content (AvgIpc) is 2.28.